The molecule has 2 heterocycles. The quantitative estimate of drug-likeness (QED) is 0.689. The fraction of sp³-hybridized carbons (Fsp3) is 0.320. The fourth-order valence-electron chi connectivity index (χ4n) is 6.16. The molecule has 6 rings (SSSR count). The highest BCUT2D eigenvalue weighted by Gasteiger charge is 2.48. The van der Waals surface area contributed by atoms with Crippen LogP contribution < -0.4 is 10.0 Å². The number of carboxylic acid groups (broad SMARTS) is 1. The van der Waals surface area contributed by atoms with Crippen molar-refractivity contribution in [3.63, 3.8) is 0 Å². The maximum Gasteiger partial charge on any atom is 0.0715 e. The predicted molar refractivity (Wildman–Crippen MR) is 112 cm³/mol. The van der Waals surface area contributed by atoms with Gasteiger partial charge in [-0.1, -0.05) is 54.1 Å². The van der Waals surface area contributed by atoms with Gasteiger partial charge < -0.3 is 14.8 Å². The van der Waals surface area contributed by atoms with Crippen molar-refractivity contribution < 1.29 is 9.90 Å². The number of hydrogen-bond acceptors (Lipinski definition) is 3. The largest absolute Gasteiger partial charge is 0.545 e. The Morgan fingerprint density at radius 3 is 2.52 bits per heavy atom. The Labute approximate surface area is 175 Å². The maximum atomic E-state index is 11.8. The number of nitrogens with zero attached hydrogens (tertiary/aromatic N) is 1. The molecule has 2 aliphatic heterocycles. The van der Waals surface area contributed by atoms with E-state index in [1.165, 1.54) is 11.3 Å². The number of rotatable bonds is 2. The number of carbonyl (C=O) groups is 1. The van der Waals surface area contributed by atoms with Crippen LogP contribution in [0.4, 0.5) is 5.69 Å². The summed E-state index contributed by atoms with van der Waals surface area (Å²) in [7, 11) is 0. The first-order chi connectivity index (χ1) is 14.1. The smallest absolute Gasteiger partial charge is 0.0715 e. The van der Waals surface area contributed by atoms with E-state index in [0.717, 1.165) is 35.5 Å². The van der Waals surface area contributed by atoms with Gasteiger partial charge in [0.15, 0.2) is 0 Å². The molecule has 0 fully saturated rings. The van der Waals surface area contributed by atoms with Crippen LogP contribution in [0.2, 0.25) is 5.02 Å². The molecule has 146 valence electrons. The summed E-state index contributed by atoms with van der Waals surface area (Å²) in [6.45, 7) is 0.974. The van der Waals surface area contributed by atoms with Crippen molar-refractivity contribution in [1.82, 2.24) is 0 Å². The van der Waals surface area contributed by atoms with Crippen LogP contribution in [0.25, 0.3) is 0 Å². The monoisotopic (exact) mass is 402 g/mol. The van der Waals surface area contributed by atoms with E-state index in [2.05, 4.69) is 41.3 Å². The van der Waals surface area contributed by atoms with Crippen molar-refractivity contribution in [1.29, 1.82) is 0 Å². The van der Waals surface area contributed by atoms with Crippen molar-refractivity contribution in [2.24, 2.45) is 11.8 Å². The lowest BCUT2D eigenvalue weighted by Gasteiger charge is -2.51. The standard InChI is InChI=1S/C25H22ClNO2/c26-22-10-2-1-6-19(22)23-18-9-4-8-17(18)21-12-15(25(28)29)11-20-16-7-3-5-14(16)13-27(23)24(20)21/h1-4,6-8,10-12,14,16-18,23H,5,9,13H2,(H,28,29)/p-1/t14-,16+,17+,18-,23-/m1/s1. The zero-order chi connectivity index (χ0) is 19.7. The van der Waals surface area contributed by atoms with E-state index in [1.807, 2.05) is 24.3 Å². The molecule has 2 aromatic carbocycles. The lowest BCUT2D eigenvalue weighted by molar-refractivity contribution is -0.255. The van der Waals surface area contributed by atoms with Crippen LogP contribution in [-0.2, 0) is 0 Å². The summed E-state index contributed by atoms with van der Waals surface area (Å²) in [5.41, 5.74) is 4.98. The molecule has 0 N–H and O–H groups in total. The summed E-state index contributed by atoms with van der Waals surface area (Å²) in [4.78, 5) is 14.3. The molecule has 0 bridgehead atoms. The minimum atomic E-state index is -1.09. The van der Waals surface area contributed by atoms with Crippen LogP contribution in [0.3, 0.4) is 0 Å². The topological polar surface area (TPSA) is 43.4 Å². The number of anilines is 1. The molecule has 0 saturated heterocycles. The molecule has 0 spiro atoms. The zero-order valence-electron chi connectivity index (χ0n) is 15.9. The molecule has 0 aromatic heterocycles. The van der Waals surface area contributed by atoms with Gasteiger partial charge in [0.2, 0.25) is 0 Å². The number of allylic oxidation sites excluding steroid dienone is 4. The SMILES string of the molecule is O=C([O-])c1cc2c3c(c1)[C@H]1C=CC[C@H]1[C@H](c1ccccc1Cl)N3C[C@H]1CC=C[C@H]21. The van der Waals surface area contributed by atoms with Crippen LogP contribution in [0.5, 0.6) is 0 Å². The summed E-state index contributed by atoms with van der Waals surface area (Å²) >= 11 is 6.69. The highest BCUT2D eigenvalue weighted by atomic mass is 35.5. The van der Waals surface area contributed by atoms with E-state index < -0.39 is 5.97 Å². The normalized spacial score (nSPS) is 30.8. The minimum Gasteiger partial charge on any atom is -0.545 e. The number of aromatic carboxylic acids is 1. The zero-order valence-corrected chi connectivity index (χ0v) is 16.7. The fourth-order valence-corrected chi connectivity index (χ4v) is 6.41. The third-order valence-corrected chi connectivity index (χ3v) is 7.65. The van der Waals surface area contributed by atoms with E-state index in [-0.39, 0.29) is 17.9 Å². The van der Waals surface area contributed by atoms with Gasteiger partial charge in [-0.05, 0) is 65.1 Å². The predicted octanol–water partition coefficient (Wildman–Crippen LogP) is 4.60. The Hall–Kier alpha value is -2.52. The molecule has 2 aromatic rings. The number of benzene rings is 2. The van der Waals surface area contributed by atoms with Gasteiger partial charge in [0.25, 0.3) is 0 Å². The number of carbonyl (C=O) groups excluding carboxylic acids is 1. The van der Waals surface area contributed by atoms with Crippen molar-refractivity contribution in [3.8, 4) is 0 Å². The molecule has 4 heteroatoms. The number of halogens is 1. The second kappa shape index (κ2) is 6.24. The van der Waals surface area contributed by atoms with Gasteiger partial charge in [0.05, 0.1) is 12.0 Å². The van der Waals surface area contributed by atoms with E-state index in [4.69, 9.17) is 11.6 Å². The molecular weight excluding hydrogens is 382 g/mol. The third kappa shape index (κ3) is 2.40. The van der Waals surface area contributed by atoms with Gasteiger partial charge >= 0.3 is 0 Å². The first-order valence-corrected chi connectivity index (χ1v) is 10.7. The van der Waals surface area contributed by atoms with Crippen molar-refractivity contribution in [2.45, 2.75) is 30.7 Å². The lowest BCUT2D eigenvalue weighted by atomic mass is 9.70. The Kier molecular flexibility index (Phi) is 3.73. The average Bonchev–Trinajstić information content (AvgIpc) is 3.38. The highest BCUT2D eigenvalue weighted by Crippen LogP contribution is 2.59. The molecular formula is C25H21ClNO2-. The lowest BCUT2D eigenvalue weighted by Crippen LogP contribution is -2.46. The molecule has 5 atom stereocenters. The maximum absolute atomic E-state index is 11.8. The van der Waals surface area contributed by atoms with Crippen LogP contribution in [0.15, 0.2) is 60.7 Å². The summed E-state index contributed by atoms with van der Waals surface area (Å²) in [5, 5.41) is 12.6. The summed E-state index contributed by atoms with van der Waals surface area (Å²) in [6.07, 6.45) is 11.0. The second-order valence-electron chi connectivity index (χ2n) is 8.71. The summed E-state index contributed by atoms with van der Waals surface area (Å²) in [5.74, 6) is 0.239. The molecule has 2 aliphatic carbocycles. The first-order valence-electron chi connectivity index (χ1n) is 10.4. The van der Waals surface area contributed by atoms with E-state index in [1.54, 1.807) is 0 Å². The van der Waals surface area contributed by atoms with Gasteiger partial charge in [-0.3, -0.25) is 0 Å². The van der Waals surface area contributed by atoms with Crippen LogP contribution in [0.1, 0.15) is 57.8 Å². The first kappa shape index (κ1) is 17.3. The number of hydrogen-bond donors (Lipinski definition) is 0. The minimum absolute atomic E-state index is 0.199. The van der Waals surface area contributed by atoms with Gasteiger partial charge in [0.1, 0.15) is 0 Å². The van der Waals surface area contributed by atoms with Gasteiger partial charge in [-0.2, -0.15) is 0 Å². The van der Waals surface area contributed by atoms with Gasteiger partial charge in [-0.15, -0.1) is 0 Å². The summed E-state index contributed by atoms with van der Waals surface area (Å²) < 4.78 is 0. The molecule has 0 amide bonds. The Morgan fingerprint density at radius 2 is 1.72 bits per heavy atom. The molecule has 4 aliphatic rings. The molecule has 29 heavy (non-hydrogen) atoms. The van der Waals surface area contributed by atoms with E-state index in [0.29, 0.717) is 17.4 Å². The van der Waals surface area contributed by atoms with Crippen molar-refractivity contribution in [2.75, 3.05) is 11.4 Å². The van der Waals surface area contributed by atoms with Crippen LogP contribution in [0, 0.1) is 11.8 Å². The number of fused-ring (bicyclic) bond motifs is 4. The summed E-state index contributed by atoms with van der Waals surface area (Å²) in [6, 6.07) is 12.1. The Balaban J connectivity index is 1.62. The van der Waals surface area contributed by atoms with Crippen molar-refractivity contribution in [3.05, 3.63) is 88.0 Å². The van der Waals surface area contributed by atoms with E-state index >= 15 is 0 Å². The molecule has 0 saturated carbocycles. The van der Waals surface area contributed by atoms with E-state index in [9.17, 15) is 9.90 Å². The van der Waals surface area contributed by atoms with Crippen LogP contribution >= 0.6 is 11.6 Å². The van der Waals surface area contributed by atoms with Crippen LogP contribution in [-0.4, -0.2) is 12.5 Å². The van der Waals surface area contributed by atoms with Crippen molar-refractivity contribution >= 4 is 23.3 Å². The Bertz CT molecular complexity index is 1070. The number of carboxylic acids is 1. The van der Waals surface area contributed by atoms with Gasteiger partial charge in [-0.25, -0.2) is 0 Å². The molecule has 3 nitrogen and oxygen atoms in total. The third-order valence-electron chi connectivity index (χ3n) is 7.31. The van der Waals surface area contributed by atoms with Gasteiger partial charge in [0, 0.05) is 29.1 Å². The molecule has 0 unspecified atom stereocenters. The molecule has 0 radical (unpaired) electrons. The second-order valence-corrected chi connectivity index (χ2v) is 9.12. The highest BCUT2D eigenvalue weighted by molar-refractivity contribution is 6.31. The average molecular weight is 403 g/mol. The Morgan fingerprint density at radius 1 is 1.00 bits per heavy atom.